The van der Waals surface area contributed by atoms with Crippen LogP contribution in [-0.2, 0) is 20.4 Å². The molecule has 1 saturated carbocycles. The summed E-state index contributed by atoms with van der Waals surface area (Å²) in [5.41, 5.74) is 2.25. The zero-order valence-electron chi connectivity index (χ0n) is 22.5. The second-order valence-electron chi connectivity index (χ2n) is 11.1. The third-order valence-electron chi connectivity index (χ3n) is 7.94. The molecule has 1 unspecified atom stereocenters. The summed E-state index contributed by atoms with van der Waals surface area (Å²) >= 11 is 0. The Kier molecular flexibility index (Phi) is 6.25. The lowest BCUT2D eigenvalue weighted by Gasteiger charge is -2.43. The number of aromatic nitrogens is 2. The van der Waals surface area contributed by atoms with Gasteiger partial charge in [0.2, 0.25) is 5.72 Å². The zero-order valence-corrected chi connectivity index (χ0v) is 23.3. The summed E-state index contributed by atoms with van der Waals surface area (Å²) in [5.74, 6) is -0.546. The minimum atomic E-state index is -3.40. The summed E-state index contributed by atoms with van der Waals surface area (Å²) < 4.78 is 60.8. The van der Waals surface area contributed by atoms with Crippen LogP contribution in [0.15, 0.2) is 59.7 Å². The normalized spacial score (nSPS) is 22.3. The minimum Gasteiger partial charge on any atom is -0.495 e. The number of hydrogen-bond acceptors (Lipinski definition) is 7. The van der Waals surface area contributed by atoms with Crippen LogP contribution < -0.4 is 4.74 Å². The number of halogens is 2. The number of aryl methyl sites for hydroxylation is 1. The van der Waals surface area contributed by atoms with Gasteiger partial charge in [-0.1, -0.05) is 11.2 Å². The van der Waals surface area contributed by atoms with Gasteiger partial charge in [0.15, 0.2) is 5.84 Å². The molecule has 0 amide bonds. The van der Waals surface area contributed by atoms with E-state index in [9.17, 15) is 17.2 Å². The van der Waals surface area contributed by atoms with E-state index in [0.717, 1.165) is 54.1 Å². The molecule has 8 nitrogen and oxygen atoms in total. The number of ether oxygens (including phenoxy) is 1. The van der Waals surface area contributed by atoms with Gasteiger partial charge in [-0.15, -0.1) is 0 Å². The van der Waals surface area contributed by atoms with Gasteiger partial charge in [0.1, 0.15) is 27.2 Å². The molecule has 0 bridgehead atoms. The van der Waals surface area contributed by atoms with E-state index in [-0.39, 0.29) is 23.2 Å². The van der Waals surface area contributed by atoms with Crippen molar-refractivity contribution in [2.24, 2.45) is 10.6 Å². The van der Waals surface area contributed by atoms with E-state index in [0.29, 0.717) is 18.1 Å². The van der Waals surface area contributed by atoms with Crippen LogP contribution in [0.3, 0.4) is 0 Å². The molecule has 0 radical (unpaired) electrons. The first-order chi connectivity index (χ1) is 19.0. The Hall–Kier alpha value is -3.73. The topological polar surface area (TPSA) is 86.0 Å². The maximum absolute atomic E-state index is 14.4. The molecule has 1 saturated heterocycles. The van der Waals surface area contributed by atoms with Crippen molar-refractivity contribution in [2.75, 3.05) is 25.7 Å². The fourth-order valence-corrected chi connectivity index (χ4v) is 6.36. The molecule has 11 heteroatoms. The van der Waals surface area contributed by atoms with E-state index in [4.69, 9.17) is 9.57 Å². The molecule has 3 heterocycles. The Bertz CT molecular complexity index is 1640. The lowest BCUT2D eigenvalue weighted by Crippen LogP contribution is -2.52. The second kappa shape index (κ2) is 9.43. The average molecular weight is 569 g/mol. The molecular weight excluding hydrogens is 538 g/mol. The summed E-state index contributed by atoms with van der Waals surface area (Å²) in [4.78, 5) is 12.2. The van der Waals surface area contributed by atoms with E-state index >= 15 is 0 Å². The second-order valence-corrected chi connectivity index (χ2v) is 13.4. The highest BCUT2D eigenvalue weighted by Gasteiger charge is 2.58. The third-order valence-corrected chi connectivity index (χ3v) is 8.88. The molecule has 6 rings (SSSR count). The van der Waals surface area contributed by atoms with Gasteiger partial charge in [-0.05, 0) is 73.1 Å². The number of benzene rings is 2. The van der Waals surface area contributed by atoms with Crippen molar-refractivity contribution in [3.05, 3.63) is 83.0 Å². The molecule has 2 aromatic carbocycles. The average Bonchev–Trinajstić information content (AvgIpc) is 3.31. The van der Waals surface area contributed by atoms with Crippen LogP contribution in [0, 0.1) is 24.0 Å². The molecule has 2 fully saturated rings. The molecule has 3 aliphatic rings. The predicted octanol–water partition coefficient (Wildman–Crippen LogP) is 4.97. The smallest absolute Gasteiger partial charge is 0.238 e. The van der Waals surface area contributed by atoms with E-state index < -0.39 is 27.2 Å². The van der Waals surface area contributed by atoms with E-state index in [2.05, 4.69) is 10.1 Å². The van der Waals surface area contributed by atoms with E-state index in [1.165, 1.54) is 12.1 Å². The highest BCUT2D eigenvalue weighted by Crippen LogP contribution is 2.58. The number of piperidine rings is 1. The lowest BCUT2D eigenvalue weighted by atomic mass is 9.85. The van der Waals surface area contributed by atoms with Crippen molar-refractivity contribution in [1.29, 1.82) is 0 Å². The third kappa shape index (κ3) is 4.87. The Balaban J connectivity index is 1.41. The SMILES string of the molecule is COc1cc(C=C2CC3(CC3)CN3C2=NOC3(CCS(C)(=O)=O)c2cc(F)cc(F)c2)ccc1-n1cnc(C)c1. The maximum atomic E-state index is 14.4. The fraction of sp³-hybridized carbons (Fsp3) is 0.379. The highest BCUT2D eigenvalue weighted by molar-refractivity contribution is 7.90. The number of sulfone groups is 1. The number of amidine groups is 1. The van der Waals surface area contributed by atoms with Crippen LogP contribution in [0.4, 0.5) is 8.78 Å². The number of fused-ring (bicyclic) bond motifs is 1. The van der Waals surface area contributed by atoms with Crippen molar-refractivity contribution >= 4 is 21.7 Å². The molecule has 210 valence electrons. The van der Waals surface area contributed by atoms with Gasteiger partial charge in [-0.2, -0.15) is 0 Å². The summed E-state index contributed by atoms with van der Waals surface area (Å²) in [5, 5.41) is 4.42. The van der Waals surface area contributed by atoms with Crippen LogP contribution in [0.1, 0.15) is 42.5 Å². The first kappa shape index (κ1) is 26.5. The Morgan fingerprint density at radius 3 is 2.52 bits per heavy atom. The number of oxime groups is 1. The zero-order chi connectivity index (χ0) is 28.3. The molecule has 40 heavy (non-hydrogen) atoms. The summed E-state index contributed by atoms with van der Waals surface area (Å²) in [6, 6.07) is 9.06. The van der Waals surface area contributed by atoms with Gasteiger partial charge < -0.3 is 19.0 Å². The van der Waals surface area contributed by atoms with Crippen LogP contribution >= 0.6 is 0 Å². The summed E-state index contributed by atoms with van der Waals surface area (Å²) in [6.45, 7) is 2.47. The van der Waals surface area contributed by atoms with E-state index in [1.54, 1.807) is 13.4 Å². The monoisotopic (exact) mass is 568 g/mol. The quantitative estimate of drug-likeness (QED) is 0.400. The molecule has 1 spiro atoms. The maximum Gasteiger partial charge on any atom is 0.238 e. The van der Waals surface area contributed by atoms with Gasteiger partial charge >= 0.3 is 0 Å². The van der Waals surface area contributed by atoms with Crippen LogP contribution in [0.25, 0.3) is 11.8 Å². The van der Waals surface area contributed by atoms with E-state index in [1.807, 2.05) is 46.9 Å². The standard InChI is InChI=1S/C29H30F2N4O4S/c1-19-16-34(18-32-19)25-5-4-20(11-26(25)38-2)10-21-15-28(6-7-28)17-35-27(21)33-39-29(35,8-9-40(3,36)37)22-12-23(30)14-24(31)13-22/h4-5,10-14,16,18H,6-9,15,17H2,1-3H3. The molecular formula is C29H30F2N4O4S. The van der Waals surface area contributed by atoms with Crippen LogP contribution in [-0.4, -0.2) is 54.4 Å². The van der Waals surface area contributed by atoms with Crippen molar-refractivity contribution in [1.82, 2.24) is 14.5 Å². The van der Waals surface area contributed by atoms with Gasteiger partial charge in [-0.25, -0.2) is 22.2 Å². The Labute approximate surface area is 231 Å². The fourth-order valence-electron chi connectivity index (χ4n) is 5.71. The summed E-state index contributed by atoms with van der Waals surface area (Å²) in [6.07, 6.45) is 9.51. The van der Waals surface area contributed by atoms with Crippen molar-refractivity contribution in [3.8, 4) is 11.4 Å². The minimum absolute atomic E-state index is 0.0298. The van der Waals surface area contributed by atoms with Crippen LogP contribution in [0.2, 0.25) is 0 Å². The number of hydrogen-bond donors (Lipinski definition) is 0. The lowest BCUT2D eigenvalue weighted by molar-refractivity contribution is -0.114. The molecule has 1 atom stereocenters. The van der Waals surface area contributed by atoms with Crippen molar-refractivity contribution in [3.63, 3.8) is 0 Å². The molecule has 2 aliphatic heterocycles. The Morgan fingerprint density at radius 2 is 1.90 bits per heavy atom. The largest absolute Gasteiger partial charge is 0.495 e. The molecule has 1 aliphatic carbocycles. The molecule has 1 aromatic heterocycles. The molecule has 3 aromatic rings. The highest BCUT2D eigenvalue weighted by atomic mass is 32.2. The molecule has 0 N–H and O–H groups in total. The number of nitrogens with zero attached hydrogens (tertiary/aromatic N) is 4. The van der Waals surface area contributed by atoms with Crippen molar-refractivity contribution < 1.29 is 26.8 Å². The van der Waals surface area contributed by atoms with Gasteiger partial charge in [0.25, 0.3) is 0 Å². The number of rotatable bonds is 7. The number of methoxy groups -OCH3 is 1. The van der Waals surface area contributed by atoms with Crippen molar-refractivity contribution in [2.45, 2.75) is 38.3 Å². The number of imidazole rings is 1. The first-order valence-electron chi connectivity index (χ1n) is 13.1. The van der Waals surface area contributed by atoms with Crippen LogP contribution in [0.5, 0.6) is 5.75 Å². The van der Waals surface area contributed by atoms with Gasteiger partial charge in [-0.3, -0.25) is 0 Å². The van der Waals surface area contributed by atoms with Gasteiger partial charge in [0, 0.05) is 37.0 Å². The Morgan fingerprint density at radius 1 is 1.15 bits per heavy atom. The summed E-state index contributed by atoms with van der Waals surface area (Å²) in [7, 11) is -1.79. The predicted molar refractivity (Wildman–Crippen MR) is 147 cm³/mol. The van der Waals surface area contributed by atoms with Gasteiger partial charge in [0.05, 0.1) is 30.6 Å². The first-order valence-corrected chi connectivity index (χ1v) is 15.1.